The molecule has 6 heteroatoms. The van der Waals surface area contributed by atoms with E-state index in [9.17, 15) is 4.79 Å². The first-order valence-corrected chi connectivity index (χ1v) is 11.0. The third kappa shape index (κ3) is 4.34. The Morgan fingerprint density at radius 1 is 1.33 bits per heavy atom. The number of carboxylic acid groups (broad SMARTS) is 1. The minimum absolute atomic E-state index is 0.164. The standard InChI is InChI=1S/C24H28ClNO4/c1-2-17-4-3-5-22(25)20(17)15-29-19-6-7-21-18(14-19)8-10-24(21)16-26(12-13-30-24)11-9-23(27)28/h3-7,14H,2,8-13,15-16H2,1H3,(H,27,28)/t24-/m0/s1. The number of hydrogen-bond acceptors (Lipinski definition) is 4. The fourth-order valence-corrected chi connectivity index (χ4v) is 4.90. The average Bonchev–Trinajstić information content (AvgIpc) is 3.08. The van der Waals surface area contributed by atoms with E-state index in [2.05, 4.69) is 30.0 Å². The normalized spacial score (nSPS) is 21.0. The summed E-state index contributed by atoms with van der Waals surface area (Å²) in [6, 6.07) is 12.2. The predicted molar refractivity (Wildman–Crippen MR) is 116 cm³/mol. The molecule has 4 rings (SSSR count). The van der Waals surface area contributed by atoms with Crippen molar-refractivity contribution in [2.24, 2.45) is 0 Å². The lowest BCUT2D eigenvalue weighted by Gasteiger charge is -2.41. The quantitative estimate of drug-likeness (QED) is 0.705. The summed E-state index contributed by atoms with van der Waals surface area (Å²) >= 11 is 6.39. The van der Waals surface area contributed by atoms with Crippen LogP contribution in [0.5, 0.6) is 5.75 Å². The highest BCUT2D eigenvalue weighted by molar-refractivity contribution is 6.31. The van der Waals surface area contributed by atoms with Crippen LogP contribution in [0.1, 0.15) is 42.0 Å². The average molecular weight is 430 g/mol. The molecule has 1 fully saturated rings. The Morgan fingerprint density at radius 3 is 3.00 bits per heavy atom. The van der Waals surface area contributed by atoms with Crippen molar-refractivity contribution in [2.45, 2.75) is 44.8 Å². The molecule has 2 aliphatic rings. The van der Waals surface area contributed by atoms with Crippen LogP contribution in [-0.2, 0) is 34.6 Å². The lowest BCUT2D eigenvalue weighted by molar-refractivity contribution is -0.140. The highest BCUT2D eigenvalue weighted by Crippen LogP contribution is 2.43. The summed E-state index contributed by atoms with van der Waals surface area (Å²) in [5.41, 5.74) is 4.38. The van der Waals surface area contributed by atoms with Crippen molar-refractivity contribution in [1.29, 1.82) is 0 Å². The van der Waals surface area contributed by atoms with E-state index in [0.29, 0.717) is 19.8 Å². The summed E-state index contributed by atoms with van der Waals surface area (Å²) in [7, 11) is 0. The maximum absolute atomic E-state index is 10.9. The van der Waals surface area contributed by atoms with Crippen LogP contribution in [0.25, 0.3) is 0 Å². The van der Waals surface area contributed by atoms with Gasteiger partial charge in [0.1, 0.15) is 18.0 Å². The van der Waals surface area contributed by atoms with E-state index in [1.165, 1.54) is 16.7 Å². The Bertz CT molecular complexity index is 931. The highest BCUT2D eigenvalue weighted by atomic mass is 35.5. The van der Waals surface area contributed by atoms with Gasteiger partial charge in [0, 0.05) is 30.2 Å². The summed E-state index contributed by atoms with van der Waals surface area (Å²) in [5, 5.41) is 9.73. The zero-order chi connectivity index (χ0) is 21.1. The van der Waals surface area contributed by atoms with E-state index in [0.717, 1.165) is 48.7 Å². The largest absolute Gasteiger partial charge is 0.489 e. The van der Waals surface area contributed by atoms with Crippen molar-refractivity contribution in [3.05, 3.63) is 63.7 Å². The van der Waals surface area contributed by atoms with Gasteiger partial charge in [0.05, 0.1) is 13.0 Å². The third-order valence-electron chi connectivity index (χ3n) is 6.25. The molecule has 0 saturated carbocycles. The monoisotopic (exact) mass is 429 g/mol. The summed E-state index contributed by atoms with van der Waals surface area (Å²) in [6.07, 6.45) is 2.94. The molecule has 1 saturated heterocycles. The molecule has 2 aromatic rings. The first-order chi connectivity index (χ1) is 14.5. The summed E-state index contributed by atoms with van der Waals surface area (Å²) in [5.74, 6) is 0.0835. The van der Waals surface area contributed by atoms with Crippen molar-refractivity contribution >= 4 is 17.6 Å². The van der Waals surface area contributed by atoms with Gasteiger partial charge in [-0.15, -0.1) is 0 Å². The van der Waals surface area contributed by atoms with E-state index in [-0.39, 0.29) is 12.0 Å². The molecule has 1 heterocycles. The number of morpholine rings is 1. The van der Waals surface area contributed by atoms with E-state index in [1.54, 1.807) is 0 Å². The minimum atomic E-state index is -0.756. The van der Waals surface area contributed by atoms with Crippen LogP contribution in [-0.4, -0.2) is 42.2 Å². The zero-order valence-corrected chi connectivity index (χ0v) is 18.1. The second kappa shape index (κ2) is 8.96. The second-order valence-electron chi connectivity index (χ2n) is 8.10. The van der Waals surface area contributed by atoms with Crippen LogP contribution < -0.4 is 4.74 Å². The van der Waals surface area contributed by atoms with Gasteiger partial charge in [-0.25, -0.2) is 0 Å². The number of carboxylic acids is 1. The molecule has 0 aromatic heterocycles. The number of halogens is 1. The van der Waals surface area contributed by atoms with Gasteiger partial charge in [0.25, 0.3) is 0 Å². The second-order valence-corrected chi connectivity index (χ2v) is 8.51. The van der Waals surface area contributed by atoms with E-state index >= 15 is 0 Å². The number of rotatable bonds is 7. The molecule has 1 aliphatic heterocycles. The molecule has 1 spiro atoms. The molecule has 0 amide bonds. The van der Waals surface area contributed by atoms with Gasteiger partial charge in [0.2, 0.25) is 0 Å². The Balaban J connectivity index is 1.47. The van der Waals surface area contributed by atoms with Crippen LogP contribution in [0.2, 0.25) is 5.02 Å². The van der Waals surface area contributed by atoms with E-state index < -0.39 is 5.97 Å². The SMILES string of the molecule is CCc1cccc(Cl)c1COc1ccc2c(c1)CC[C@]21CN(CCC(=O)O)CCO1. The molecule has 1 atom stereocenters. The Morgan fingerprint density at radius 2 is 2.20 bits per heavy atom. The fraction of sp³-hybridized carbons (Fsp3) is 0.458. The van der Waals surface area contributed by atoms with Crippen LogP contribution in [0.15, 0.2) is 36.4 Å². The molecule has 0 radical (unpaired) electrons. The summed E-state index contributed by atoms with van der Waals surface area (Å²) in [4.78, 5) is 13.1. The van der Waals surface area contributed by atoms with Crippen LogP contribution in [0, 0.1) is 0 Å². The van der Waals surface area contributed by atoms with Gasteiger partial charge in [0.15, 0.2) is 0 Å². The summed E-state index contributed by atoms with van der Waals surface area (Å²) < 4.78 is 12.4. The maximum Gasteiger partial charge on any atom is 0.304 e. The van der Waals surface area contributed by atoms with Crippen molar-refractivity contribution in [1.82, 2.24) is 4.90 Å². The lowest BCUT2D eigenvalue weighted by atomic mass is 9.93. The van der Waals surface area contributed by atoms with E-state index in [4.69, 9.17) is 26.2 Å². The zero-order valence-electron chi connectivity index (χ0n) is 17.3. The minimum Gasteiger partial charge on any atom is -0.489 e. The van der Waals surface area contributed by atoms with Crippen molar-refractivity contribution < 1.29 is 19.4 Å². The molecular formula is C24H28ClNO4. The van der Waals surface area contributed by atoms with Gasteiger partial charge in [-0.3, -0.25) is 9.69 Å². The molecule has 1 aliphatic carbocycles. The Hall–Kier alpha value is -2.08. The van der Waals surface area contributed by atoms with Crippen LogP contribution >= 0.6 is 11.6 Å². The van der Waals surface area contributed by atoms with Crippen molar-refractivity contribution in [3.63, 3.8) is 0 Å². The van der Waals surface area contributed by atoms with Gasteiger partial charge >= 0.3 is 5.97 Å². The van der Waals surface area contributed by atoms with Gasteiger partial charge in [-0.1, -0.05) is 36.7 Å². The first kappa shape index (κ1) is 21.2. The molecule has 5 nitrogen and oxygen atoms in total. The lowest BCUT2D eigenvalue weighted by Crippen LogP contribution is -2.49. The molecule has 2 aromatic carbocycles. The van der Waals surface area contributed by atoms with Crippen molar-refractivity contribution in [2.75, 3.05) is 26.2 Å². The Kier molecular flexibility index (Phi) is 6.32. The van der Waals surface area contributed by atoms with Gasteiger partial charge in [-0.05, 0) is 54.2 Å². The predicted octanol–water partition coefficient (Wildman–Crippen LogP) is 4.43. The van der Waals surface area contributed by atoms with Gasteiger partial charge < -0.3 is 14.6 Å². The highest BCUT2D eigenvalue weighted by Gasteiger charge is 2.43. The molecule has 1 N–H and O–H groups in total. The van der Waals surface area contributed by atoms with Crippen molar-refractivity contribution in [3.8, 4) is 5.75 Å². The number of hydrogen-bond donors (Lipinski definition) is 1. The number of aliphatic carboxylic acids is 1. The number of fused-ring (bicyclic) bond motifs is 2. The third-order valence-corrected chi connectivity index (χ3v) is 6.61. The Labute approximate surface area is 182 Å². The molecule has 30 heavy (non-hydrogen) atoms. The summed E-state index contributed by atoms with van der Waals surface area (Å²) in [6.45, 7) is 5.29. The first-order valence-electron chi connectivity index (χ1n) is 10.6. The topological polar surface area (TPSA) is 59.0 Å². The molecule has 0 bridgehead atoms. The molecular weight excluding hydrogens is 402 g/mol. The fourth-order valence-electron chi connectivity index (χ4n) is 4.65. The number of carbonyl (C=O) groups is 1. The number of benzene rings is 2. The molecule has 0 unspecified atom stereocenters. The van der Waals surface area contributed by atoms with Crippen LogP contribution in [0.4, 0.5) is 0 Å². The van der Waals surface area contributed by atoms with Crippen LogP contribution in [0.3, 0.4) is 0 Å². The van der Waals surface area contributed by atoms with Gasteiger partial charge in [-0.2, -0.15) is 0 Å². The maximum atomic E-state index is 10.9. The number of ether oxygens (including phenoxy) is 2. The van der Waals surface area contributed by atoms with E-state index in [1.807, 2.05) is 18.2 Å². The smallest absolute Gasteiger partial charge is 0.304 e. The molecule has 160 valence electrons. The number of aryl methyl sites for hydroxylation is 2. The number of nitrogens with zero attached hydrogens (tertiary/aromatic N) is 1.